The molecule has 0 atom stereocenters. The molecule has 0 unspecified atom stereocenters. The Morgan fingerprint density at radius 1 is 1.82 bits per heavy atom. The number of rotatable bonds is 0. The van der Waals surface area contributed by atoms with Gasteiger partial charge in [0.25, 0.3) is 5.56 Å². The quantitative estimate of drug-likeness (QED) is 0.563. The number of fused-ring (bicyclic) bond motifs is 1. The molecule has 0 saturated carbocycles. The highest BCUT2D eigenvalue weighted by Gasteiger charge is 1.98. The van der Waals surface area contributed by atoms with Crippen LogP contribution < -0.4 is 5.56 Å². The van der Waals surface area contributed by atoms with Crippen LogP contribution in [0.3, 0.4) is 0 Å². The molecule has 0 aromatic carbocycles. The Bertz CT molecular complexity index is 486. The second-order valence-electron chi connectivity index (χ2n) is 2.21. The molecule has 0 saturated heterocycles. The van der Waals surface area contributed by atoms with E-state index in [1.54, 1.807) is 6.92 Å². The molecule has 56 valence electrons. The molecule has 2 aromatic heterocycles. The van der Waals surface area contributed by atoms with Crippen molar-refractivity contribution in [3.05, 3.63) is 28.4 Å². The Labute approximate surface area is 63.1 Å². The maximum Gasteiger partial charge on any atom is 0.275 e. The first-order valence-electron chi connectivity index (χ1n) is 3.60. The van der Waals surface area contributed by atoms with Crippen LogP contribution in [0.25, 0.3) is 5.78 Å². The Kier molecular flexibility index (Phi) is 0.881. The molecule has 0 aliphatic rings. The third kappa shape index (κ3) is 0.813. The molecule has 11 heavy (non-hydrogen) atoms. The van der Waals surface area contributed by atoms with Crippen LogP contribution >= 0.6 is 0 Å². The lowest BCUT2D eigenvalue weighted by Gasteiger charge is -1.89. The van der Waals surface area contributed by atoms with Crippen molar-refractivity contribution < 1.29 is 1.37 Å². The smallest absolute Gasteiger partial charge is 0.275 e. The van der Waals surface area contributed by atoms with Crippen molar-refractivity contribution in [3.8, 4) is 0 Å². The van der Waals surface area contributed by atoms with E-state index in [1.165, 1.54) is 6.07 Å². The molecule has 5 nitrogen and oxygen atoms in total. The molecule has 0 aliphatic heterocycles. The van der Waals surface area contributed by atoms with Crippen molar-refractivity contribution in [1.29, 1.82) is 0 Å². The van der Waals surface area contributed by atoms with E-state index < -0.39 is 0 Å². The molecule has 5 heteroatoms. The van der Waals surface area contributed by atoms with Gasteiger partial charge in [0.2, 0.25) is 5.78 Å². The zero-order valence-electron chi connectivity index (χ0n) is 6.83. The average molecular weight is 151 g/mol. The number of aryl methyl sites for hydroxylation is 1. The Morgan fingerprint density at radius 2 is 2.64 bits per heavy atom. The molecule has 2 aromatic rings. The second kappa shape index (κ2) is 1.91. The number of H-pyrrole nitrogens is 1. The van der Waals surface area contributed by atoms with Gasteiger partial charge in [-0.1, -0.05) is 0 Å². The van der Waals surface area contributed by atoms with Crippen molar-refractivity contribution in [2.24, 2.45) is 0 Å². The van der Waals surface area contributed by atoms with Gasteiger partial charge in [0.1, 0.15) is 7.67 Å². The van der Waals surface area contributed by atoms with Gasteiger partial charge in [0.05, 0.1) is 0 Å². The van der Waals surface area contributed by atoms with E-state index in [9.17, 15) is 4.79 Å². The minimum absolute atomic E-state index is 0.0646. The van der Waals surface area contributed by atoms with Crippen LogP contribution in [-0.4, -0.2) is 19.6 Å². The fraction of sp³-hybridized carbons (Fsp3) is 0.167. The van der Waals surface area contributed by atoms with Gasteiger partial charge < -0.3 is 4.98 Å². The summed E-state index contributed by atoms with van der Waals surface area (Å²) in [5.41, 5.74) is 0.343. The summed E-state index contributed by atoms with van der Waals surface area (Å²) in [4.78, 5) is 17.7. The number of nitrogens with one attached hydrogen (secondary N) is 1. The van der Waals surface area contributed by atoms with E-state index in [0.717, 1.165) is 4.52 Å². The van der Waals surface area contributed by atoms with Gasteiger partial charge in [0.15, 0.2) is 0 Å². The lowest BCUT2D eigenvalue weighted by atomic mass is 10.5. The molecule has 0 fully saturated rings. The summed E-state index contributed by atoms with van der Waals surface area (Å²) in [6.45, 7) is 1.71. The first-order valence-corrected chi connectivity index (χ1v) is 3.10. The SMILES string of the molecule is [2H]c1nn2c(=O)cc(C)nc2[nH]1. The largest absolute Gasteiger partial charge is 0.313 e. The van der Waals surface area contributed by atoms with Crippen molar-refractivity contribution in [1.82, 2.24) is 19.6 Å². The van der Waals surface area contributed by atoms with Gasteiger partial charge in [-0.3, -0.25) is 4.79 Å². The van der Waals surface area contributed by atoms with Gasteiger partial charge in [0, 0.05) is 11.8 Å². The highest BCUT2D eigenvalue weighted by atomic mass is 16.1. The van der Waals surface area contributed by atoms with E-state index in [4.69, 9.17) is 1.37 Å². The summed E-state index contributed by atoms with van der Waals surface area (Å²) in [6, 6.07) is 1.37. The molecule has 0 radical (unpaired) electrons. The molecular weight excluding hydrogens is 144 g/mol. The summed E-state index contributed by atoms with van der Waals surface area (Å²) >= 11 is 0. The summed E-state index contributed by atoms with van der Waals surface area (Å²) in [5, 5.41) is 3.61. The van der Waals surface area contributed by atoms with Gasteiger partial charge in [-0.25, -0.2) is 4.98 Å². The van der Waals surface area contributed by atoms with Crippen molar-refractivity contribution in [3.63, 3.8) is 0 Å². The fourth-order valence-electron chi connectivity index (χ4n) is 0.893. The van der Waals surface area contributed by atoms with Gasteiger partial charge in [-0.15, -0.1) is 0 Å². The van der Waals surface area contributed by atoms with Crippen LogP contribution in [-0.2, 0) is 0 Å². The standard InChI is InChI=1S/C6H6N4O/c1-4-2-5(11)10-6(9-4)7-3-8-10/h2-3H,1H3,(H,7,8,9)/i3D. The minimum Gasteiger partial charge on any atom is -0.313 e. The van der Waals surface area contributed by atoms with E-state index >= 15 is 0 Å². The number of aromatic nitrogens is 4. The van der Waals surface area contributed by atoms with E-state index in [0.29, 0.717) is 11.5 Å². The Balaban J connectivity index is 2.98. The summed E-state index contributed by atoms with van der Waals surface area (Å²) in [7, 11) is 0. The highest BCUT2D eigenvalue weighted by molar-refractivity contribution is 5.25. The first kappa shape index (κ1) is 5.06. The van der Waals surface area contributed by atoms with Crippen LogP contribution in [0, 0.1) is 6.92 Å². The third-order valence-electron chi connectivity index (χ3n) is 1.34. The molecule has 2 rings (SSSR count). The van der Waals surface area contributed by atoms with E-state index in [1.807, 2.05) is 0 Å². The normalized spacial score (nSPS) is 11.9. The maximum absolute atomic E-state index is 11.2. The summed E-state index contributed by atoms with van der Waals surface area (Å²) in [6.07, 6.45) is -0.0646. The third-order valence-corrected chi connectivity index (χ3v) is 1.34. The molecule has 0 bridgehead atoms. The number of nitrogens with zero attached hydrogens (tertiary/aromatic N) is 3. The zero-order chi connectivity index (χ0) is 8.72. The van der Waals surface area contributed by atoms with Gasteiger partial charge in [-0.2, -0.15) is 9.61 Å². The number of hydrogen-bond acceptors (Lipinski definition) is 3. The molecule has 0 spiro atoms. The molecule has 1 N–H and O–H groups in total. The lowest BCUT2D eigenvalue weighted by molar-refractivity contribution is 0.889. The molecule has 0 amide bonds. The summed E-state index contributed by atoms with van der Waals surface area (Å²) < 4.78 is 8.19. The number of hydrogen-bond donors (Lipinski definition) is 1. The second-order valence-corrected chi connectivity index (χ2v) is 2.21. The van der Waals surface area contributed by atoms with Crippen LogP contribution in [0.1, 0.15) is 7.06 Å². The van der Waals surface area contributed by atoms with Crippen LogP contribution in [0.15, 0.2) is 17.2 Å². The van der Waals surface area contributed by atoms with Crippen LogP contribution in [0.5, 0.6) is 0 Å². The van der Waals surface area contributed by atoms with Crippen molar-refractivity contribution in [2.75, 3.05) is 0 Å². The predicted octanol–water partition coefficient (Wildman–Crippen LogP) is -0.274. The van der Waals surface area contributed by atoms with Crippen LogP contribution in [0.4, 0.5) is 0 Å². The summed E-state index contributed by atoms with van der Waals surface area (Å²) in [5.74, 6) is 0.310. The Morgan fingerprint density at radius 3 is 3.45 bits per heavy atom. The van der Waals surface area contributed by atoms with Crippen molar-refractivity contribution in [2.45, 2.75) is 6.92 Å². The highest BCUT2D eigenvalue weighted by Crippen LogP contribution is 1.89. The fourth-order valence-corrected chi connectivity index (χ4v) is 0.893. The van der Waals surface area contributed by atoms with E-state index in [2.05, 4.69) is 15.1 Å². The average Bonchev–Trinajstić information content (AvgIpc) is 2.29. The first-order chi connectivity index (χ1) is 5.66. The topological polar surface area (TPSA) is 63.1 Å². The Hall–Kier alpha value is -1.65. The maximum atomic E-state index is 11.2. The predicted molar refractivity (Wildman–Crippen MR) is 38.3 cm³/mol. The molecular formula is C6H6N4O. The number of aromatic amines is 1. The molecule has 0 aliphatic carbocycles. The lowest BCUT2D eigenvalue weighted by Crippen LogP contribution is -2.14. The molecule has 2 heterocycles. The van der Waals surface area contributed by atoms with E-state index in [-0.39, 0.29) is 11.9 Å². The monoisotopic (exact) mass is 151 g/mol. The van der Waals surface area contributed by atoms with Gasteiger partial charge >= 0.3 is 0 Å². The van der Waals surface area contributed by atoms with Crippen LogP contribution in [0.2, 0.25) is 0 Å². The minimum atomic E-state index is -0.271. The zero-order valence-corrected chi connectivity index (χ0v) is 5.83. The van der Waals surface area contributed by atoms with Gasteiger partial charge in [-0.05, 0) is 6.92 Å². The van der Waals surface area contributed by atoms with Crippen molar-refractivity contribution >= 4 is 5.78 Å².